The molecule has 3 N–H and O–H groups in total. The molecule has 0 aliphatic rings. The van der Waals surface area contributed by atoms with Gasteiger partial charge in [0.15, 0.2) is 0 Å². The Morgan fingerprint density at radius 3 is 2.35 bits per heavy atom. The lowest BCUT2D eigenvalue weighted by molar-refractivity contribution is -0.148. The predicted octanol–water partition coefficient (Wildman–Crippen LogP) is 2.16. The van der Waals surface area contributed by atoms with Gasteiger partial charge in [-0.05, 0) is 31.7 Å². The number of aliphatic hydroxyl groups is 1. The number of hydrogen-bond acceptors (Lipinski definition) is 5. The molecule has 7 heteroatoms. The van der Waals surface area contributed by atoms with Crippen molar-refractivity contribution in [1.29, 1.82) is 0 Å². The van der Waals surface area contributed by atoms with Gasteiger partial charge in [0.05, 0.1) is 25.0 Å². The smallest absolute Gasteiger partial charge is 0.309 e. The van der Waals surface area contributed by atoms with Crippen molar-refractivity contribution in [3.05, 3.63) is 61.2 Å². The molecule has 170 valence electrons. The number of hydrogen-bond donors (Lipinski definition) is 3. The normalized spacial score (nSPS) is 13.4. The largest absolute Gasteiger partial charge is 0.464 e. The SMILES string of the molecule is C=CC[C@@H](CC(=O)N[C@H](C)CO)C(=O)NCCOC(=O)[C@@H](CC=C)Cc1ccccc1. The van der Waals surface area contributed by atoms with E-state index in [4.69, 9.17) is 9.84 Å². The van der Waals surface area contributed by atoms with Crippen LogP contribution in [0.5, 0.6) is 0 Å². The average molecular weight is 431 g/mol. The van der Waals surface area contributed by atoms with Crippen LogP contribution < -0.4 is 10.6 Å². The number of aliphatic hydroxyl groups excluding tert-OH is 1. The van der Waals surface area contributed by atoms with Crippen LogP contribution in [0.4, 0.5) is 0 Å². The van der Waals surface area contributed by atoms with Crippen molar-refractivity contribution in [3.63, 3.8) is 0 Å². The first-order valence-electron chi connectivity index (χ1n) is 10.5. The minimum absolute atomic E-state index is 0.0134. The Hall–Kier alpha value is -2.93. The van der Waals surface area contributed by atoms with Gasteiger partial charge in [-0.3, -0.25) is 14.4 Å². The van der Waals surface area contributed by atoms with Crippen LogP contribution in [-0.4, -0.2) is 48.7 Å². The zero-order valence-electron chi connectivity index (χ0n) is 18.2. The number of esters is 1. The minimum Gasteiger partial charge on any atom is -0.464 e. The fourth-order valence-corrected chi connectivity index (χ4v) is 3.04. The highest BCUT2D eigenvalue weighted by Crippen LogP contribution is 2.15. The third kappa shape index (κ3) is 10.6. The molecule has 0 saturated carbocycles. The molecule has 0 fully saturated rings. The molecule has 0 spiro atoms. The van der Waals surface area contributed by atoms with Crippen molar-refractivity contribution in [2.45, 2.75) is 38.6 Å². The van der Waals surface area contributed by atoms with Crippen LogP contribution in [0.2, 0.25) is 0 Å². The molecular weight excluding hydrogens is 396 g/mol. The predicted molar refractivity (Wildman–Crippen MR) is 120 cm³/mol. The molecule has 1 aromatic rings. The molecule has 0 aliphatic heterocycles. The lowest BCUT2D eigenvalue weighted by atomic mass is 9.96. The number of rotatable bonds is 15. The molecule has 1 rings (SSSR count). The summed E-state index contributed by atoms with van der Waals surface area (Å²) in [5.74, 6) is -1.87. The van der Waals surface area contributed by atoms with Crippen LogP contribution in [-0.2, 0) is 25.5 Å². The molecule has 0 saturated heterocycles. The molecule has 7 nitrogen and oxygen atoms in total. The van der Waals surface area contributed by atoms with Crippen LogP contribution in [0.3, 0.4) is 0 Å². The van der Waals surface area contributed by atoms with Crippen molar-refractivity contribution >= 4 is 17.8 Å². The summed E-state index contributed by atoms with van der Waals surface area (Å²) >= 11 is 0. The van der Waals surface area contributed by atoms with Gasteiger partial charge >= 0.3 is 5.97 Å². The maximum Gasteiger partial charge on any atom is 0.309 e. The summed E-state index contributed by atoms with van der Waals surface area (Å²) in [6, 6.07) is 9.31. The first-order chi connectivity index (χ1) is 14.9. The molecule has 3 atom stereocenters. The number of carbonyl (C=O) groups is 3. The van der Waals surface area contributed by atoms with Crippen LogP contribution in [0, 0.1) is 11.8 Å². The average Bonchev–Trinajstić information content (AvgIpc) is 2.76. The maximum absolute atomic E-state index is 12.4. The molecule has 0 heterocycles. The van der Waals surface area contributed by atoms with E-state index in [1.165, 1.54) is 0 Å². The summed E-state index contributed by atoms with van der Waals surface area (Å²) in [5.41, 5.74) is 1.04. The Bertz CT molecular complexity index is 720. The number of ether oxygens (including phenoxy) is 1. The van der Waals surface area contributed by atoms with Gasteiger partial charge in [-0.25, -0.2) is 0 Å². The zero-order valence-corrected chi connectivity index (χ0v) is 18.2. The van der Waals surface area contributed by atoms with Crippen molar-refractivity contribution in [2.24, 2.45) is 11.8 Å². The fraction of sp³-hybridized carbons (Fsp3) is 0.458. The maximum atomic E-state index is 12.4. The standard InChI is InChI=1S/C24H34N2O5/c1-4-9-20(16-22(28)26-18(3)17-27)23(29)25-13-14-31-24(30)21(10-5-2)15-19-11-7-6-8-12-19/h4-8,11-12,18,20-21,27H,1-2,9-10,13-17H2,3H3,(H,25,29)(H,26,28)/t18-,20+,21+/m1/s1. The van der Waals surface area contributed by atoms with E-state index in [0.29, 0.717) is 19.3 Å². The van der Waals surface area contributed by atoms with E-state index in [9.17, 15) is 14.4 Å². The number of amides is 2. The van der Waals surface area contributed by atoms with Gasteiger partial charge in [-0.1, -0.05) is 42.5 Å². The second-order valence-corrected chi connectivity index (χ2v) is 7.45. The molecule has 0 unspecified atom stereocenters. The highest BCUT2D eigenvalue weighted by Gasteiger charge is 2.22. The van der Waals surface area contributed by atoms with Gasteiger partial charge in [-0.15, -0.1) is 13.2 Å². The first-order valence-corrected chi connectivity index (χ1v) is 10.5. The third-order valence-corrected chi connectivity index (χ3v) is 4.69. The van der Waals surface area contributed by atoms with Crippen molar-refractivity contribution in [2.75, 3.05) is 19.8 Å². The van der Waals surface area contributed by atoms with Crippen molar-refractivity contribution < 1.29 is 24.2 Å². The van der Waals surface area contributed by atoms with Gasteiger partial charge in [0.25, 0.3) is 0 Å². The third-order valence-electron chi connectivity index (χ3n) is 4.69. The number of benzene rings is 1. The summed E-state index contributed by atoms with van der Waals surface area (Å²) < 4.78 is 5.34. The lowest BCUT2D eigenvalue weighted by Gasteiger charge is -2.18. The van der Waals surface area contributed by atoms with Gasteiger partial charge < -0.3 is 20.5 Å². The Labute approximate surface area is 184 Å². The molecule has 0 radical (unpaired) electrons. The number of nitrogens with one attached hydrogen (secondary N) is 2. The lowest BCUT2D eigenvalue weighted by Crippen LogP contribution is -2.39. The highest BCUT2D eigenvalue weighted by atomic mass is 16.5. The van der Waals surface area contributed by atoms with Crippen molar-refractivity contribution in [3.8, 4) is 0 Å². The Morgan fingerprint density at radius 1 is 1.10 bits per heavy atom. The van der Waals surface area contributed by atoms with E-state index in [1.807, 2.05) is 30.3 Å². The van der Waals surface area contributed by atoms with Crippen LogP contribution in [0.15, 0.2) is 55.6 Å². The quantitative estimate of drug-likeness (QED) is 0.225. The minimum atomic E-state index is -0.578. The van der Waals surface area contributed by atoms with Crippen LogP contribution in [0.25, 0.3) is 0 Å². The Morgan fingerprint density at radius 2 is 1.74 bits per heavy atom. The summed E-state index contributed by atoms with van der Waals surface area (Å²) in [4.78, 5) is 36.8. The summed E-state index contributed by atoms with van der Waals surface area (Å²) in [5, 5.41) is 14.3. The monoisotopic (exact) mass is 430 g/mol. The summed E-state index contributed by atoms with van der Waals surface area (Å²) in [6.45, 7) is 9.03. The number of carbonyl (C=O) groups excluding carboxylic acids is 3. The summed E-state index contributed by atoms with van der Waals surface area (Å²) in [7, 11) is 0. The second kappa shape index (κ2) is 15.0. The van der Waals surface area contributed by atoms with E-state index < -0.39 is 5.92 Å². The van der Waals surface area contributed by atoms with Crippen LogP contribution >= 0.6 is 0 Å². The van der Waals surface area contributed by atoms with Crippen molar-refractivity contribution in [1.82, 2.24) is 10.6 Å². The highest BCUT2D eigenvalue weighted by molar-refractivity contribution is 5.86. The molecule has 0 bridgehead atoms. The second-order valence-electron chi connectivity index (χ2n) is 7.45. The molecule has 1 aromatic carbocycles. The van der Waals surface area contributed by atoms with E-state index in [2.05, 4.69) is 23.8 Å². The molecule has 0 aromatic heterocycles. The van der Waals surface area contributed by atoms with Gasteiger partial charge in [0.2, 0.25) is 11.8 Å². The van der Waals surface area contributed by atoms with E-state index in [0.717, 1.165) is 5.56 Å². The van der Waals surface area contributed by atoms with Gasteiger partial charge in [-0.2, -0.15) is 0 Å². The van der Waals surface area contributed by atoms with E-state index >= 15 is 0 Å². The molecule has 31 heavy (non-hydrogen) atoms. The molecule has 0 aliphatic carbocycles. The number of allylic oxidation sites excluding steroid dienone is 2. The fourth-order valence-electron chi connectivity index (χ4n) is 3.04. The van der Waals surface area contributed by atoms with Crippen LogP contribution in [0.1, 0.15) is 31.7 Å². The van der Waals surface area contributed by atoms with Gasteiger partial charge in [0, 0.05) is 12.5 Å². The molecular formula is C24H34N2O5. The topological polar surface area (TPSA) is 105 Å². The van der Waals surface area contributed by atoms with Gasteiger partial charge in [0.1, 0.15) is 6.61 Å². The zero-order chi connectivity index (χ0) is 23.1. The Balaban J connectivity index is 2.47. The summed E-state index contributed by atoms with van der Waals surface area (Å²) in [6.07, 6.45) is 4.66. The van der Waals surface area contributed by atoms with E-state index in [1.54, 1.807) is 19.1 Å². The Kier molecular flexibility index (Phi) is 12.6. The first kappa shape index (κ1) is 26.1. The van der Waals surface area contributed by atoms with E-state index in [-0.39, 0.29) is 55.9 Å². The molecule has 2 amide bonds.